The van der Waals surface area contributed by atoms with E-state index in [1.165, 1.54) is 0 Å². The van der Waals surface area contributed by atoms with Crippen LogP contribution in [0.1, 0.15) is 58.9 Å². The molecule has 1 fully saturated rings. The van der Waals surface area contributed by atoms with E-state index in [9.17, 15) is 14.4 Å². The van der Waals surface area contributed by atoms with Crippen molar-refractivity contribution in [3.63, 3.8) is 0 Å². The predicted molar refractivity (Wildman–Crippen MR) is 115 cm³/mol. The van der Waals surface area contributed by atoms with Gasteiger partial charge in [0.1, 0.15) is 6.04 Å². The molecule has 2 aromatic rings. The second-order valence-electron chi connectivity index (χ2n) is 7.91. The molecule has 1 saturated heterocycles. The van der Waals surface area contributed by atoms with Gasteiger partial charge in [-0.1, -0.05) is 37.6 Å². The molecule has 6 nitrogen and oxygen atoms in total. The second kappa shape index (κ2) is 8.69. The summed E-state index contributed by atoms with van der Waals surface area (Å²) >= 11 is 0. The van der Waals surface area contributed by atoms with E-state index in [1.807, 2.05) is 36.4 Å². The van der Waals surface area contributed by atoms with Gasteiger partial charge in [-0.05, 0) is 49.1 Å². The molecule has 0 saturated carbocycles. The molecule has 0 bridgehead atoms. The van der Waals surface area contributed by atoms with Gasteiger partial charge in [0.2, 0.25) is 5.91 Å². The van der Waals surface area contributed by atoms with Crippen LogP contribution in [-0.4, -0.2) is 41.8 Å². The van der Waals surface area contributed by atoms with E-state index in [4.69, 9.17) is 0 Å². The zero-order valence-corrected chi connectivity index (χ0v) is 17.3. The molecular weight excluding hydrogens is 378 g/mol. The lowest BCUT2D eigenvalue weighted by atomic mass is 10.1. The van der Waals surface area contributed by atoms with Crippen LogP contribution >= 0.6 is 0 Å². The summed E-state index contributed by atoms with van der Waals surface area (Å²) in [4.78, 5) is 42.3. The summed E-state index contributed by atoms with van der Waals surface area (Å²) in [5.41, 5.74) is 2.64. The monoisotopic (exact) mass is 405 g/mol. The van der Waals surface area contributed by atoms with Crippen LogP contribution in [0.4, 0.5) is 5.69 Å². The van der Waals surface area contributed by atoms with Crippen molar-refractivity contribution in [1.29, 1.82) is 0 Å². The maximum Gasteiger partial charge on any atom is 0.256 e. The van der Waals surface area contributed by atoms with Gasteiger partial charge in [-0.2, -0.15) is 0 Å². The van der Waals surface area contributed by atoms with Crippen molar-refractivity contribution in [2.75, 3.05) is 18.0 Å². The first-order chi connectivity index (χ1) is 14.6. The Labute approximate surface area is 176 Å². The third kappa shape index (κ3) is 3.82. The van der Waals surface area contributed by atoms with Crippen molar-refractivity contribution in [3.05, 3.63) is 65.2 Å². The van der Waals surface area contributed by atoms with Gasteiger partial charge >= 0.3 is 0 Å². The third-order valence-electron chi connectivity index (χ3n) is 5.84. The van der Waals surface area contributed by atoms with E-state index in [0.717, 1.165) is 24.8 Å². The van der Waals surface area contributed by atoms with Gasteiger partial charge in [0.05, 0.1) is 17.8 Å². The number of amides is 3. The summed E-state index contributed by atoms with van der Waals surface area (Å²) < 4.78 is 0. The number of hydrogen-bond donors (Lipinski definition) is 1. The SMILES string of the molecule is CCCCNC(=O)c1cccc(CN2C(=O)[C@H]3CCCN3C(=O)c3ccccc32)c1. The molecule has 0 unspecified atom stereocenters. The standard InChI is InChI=1S/C24H27N3O3/c1-2-3-13-25-22(28)18-9-6-8-17(15-18)16-27-20-11-5-4-10-19(20)23(29)26-14-7-12-21(26)24(27)30/h4-6,8-11,15,21H,2-3,7,12-14,16H2,1H3,(H,25,28)/t21-/m1/s1. The van der Waals surface area contributed by atoms with Gasteiger partial charge in [-0.3, -0.25) is 14.4 Å². The van der Waals surface area contributed by atoms with Gasteiger partial charge in [-0.25, -0.2) is 0 Å². The Morgan fingerprint density at radius 1 is 1.13 bits per heavy atom. The number of nitrogens with one attached hydrogen (secondary N) is 1. The van der Waals surface area contributed by atoms with Crippen molar-refractivity contribution in [1.82, 2.24) is 10.2 Å². The van der Waals surface area contributed by atoms with E-state index < -0.39 is 6.04 Å². The Kier molecular flexibility index (Phi) is 5.84. The molecule has 2 aromatic carbocycles. The van der Waals surface area contributed by atoms with Crippen LogP contribution < -0.4 is 10.2 Å². The van der Waals surface area contributed by atoms with Crippen LogP contribution in [0.5, 0.6) is 0 Å². The summed E-state index contributed by atoms with van der Waals surface area (Å²) in [7, 11) is 0. The van der Waals surface area contributed by atoms with Crippen LogP contribution in [0.2, 0.25) is 0 Å². The fourth-order valence-corrected chi connectivity index (χ4v) is 4.25. The summed E-state index contributed by atoms with van der Waals surface area (Å²) in [6.45, 7) is 3.67. The topological polar surface area (TPSA) is 69.7 Å². The minimum Gasteiger partial charge on any atom is -0.352 e. The number of carbonyl (C=O) groups is 3. The number of anilines is 1. The van der Waals surface area contributed by atoms with Crippen molar-refractivity contribution in [2.45, 2.75) is 45.2 Å². The molecule has 156 valence electrons. The van der Waals surface area contributed by atoms with Crippen LogP contribution in [0.25, 0.3) is 0 Å². The zero-order valence-electron chi connectivity index (χ0n) is 17.3. The third-order valence-corrected chi connectivity index (χ3v) is 5.84. The number of nitrogens with zero attached hydrogens (tertiary/aromatic N) is 2. The van der Waals surface area contributed by atoms with Gasteiger partial charge in [0.15, 0.2) is 0 Å². The largest absolute Gasteiger partial charge is 0.352 e. The molecule has 2 aliphatic heterocycles. The lowest BCUT2D eigenvalue weighted by Gasteiger charge is -2.26. The molecule has 2 heterocycles. The van der Waals surface area contributed by atoms with E-state index in [2.05, 4.69) is 12.2 Å². The maximum absolute atomic E-state index is 13.4. The average molecular weight is 405 g/mol. The Balaban J connectivity index is 1.63. The van der Waals surface area contributed by atoms with E-state index in [0.29, 0.717) is 42.9 Å². The molecule has 4 rings (SSSR count). The second-order valence-corrected chi connectivity index (χ2v) is 7.91. The van der Waals surface area contributed by atoms with E-state index >= 15 is 0 Å². The van der Waals surface area contributed by atoms with Gasteiger partial charge in [0, 0.05) is 18.7 Å². The maximum atomic E-state index is 13.4. The normalized spacial score (nSPS) is 18.1. The number of rotatable bonds is 6. The Morgan fingerprint density at radius 3 is 2.80 bits per heavy atom. The number of hydrogen-bond acceptors (Lipinski definition) is 3. The number of fused-ring (bicyclic) bond motifs is 2. The summed E-state index contributed by atoms with van der Waals surface area (Å²) in [6, 6.07) is 14.2. The molecule has 2 aliphatic rings. The highest BCUT2D eigenvalue weighted by molar-refractivity contribution is 6.11. The number of para-hydroxylation sites is 1. The Bertz CT molecular complexity index is 972. The van der Waals surface area contributed by atoms with Crippen molar-refractivity contribution < 1.29 is 14.4 Å². The highest BCUT2D eigenvalue weighted by Crippen LogP contribution is 2.33. The number of unbranched alkanes of at least 4 members (excludes halogenated alkanes) is 1. The first-order valence-corrected chi connectivity index (χ1v) is 10.7. The van der Waals surface area contributed by atoms with Crippen molar-refractivity contribution >= 4 is 23.4 Å². The summed E-state index contributed by atoms with van der Waals surface area (Å²) in [5, 5.41) is 2.93. The van der Waals surface area contributed by atoms with Gasteiger partial charge < -0.3 is 15.1 Å². The predicted octanol–water partition coefficient (Wildman–Crippen LogP) is 3.37. The van der Waals surface area contributed by atoms with Crippen LogP contribution in [-0.2, 0) is 11.3 Å². The molecule has 1 N–H and O–H groups in total. The summed E-state index contributed by atoms with van der Waals surface area (Å²) in [6.07, 6.45) is 3.49. The van der Waals surface area contributed by atoms with E-state index in [1.54, 1.807) is 21.9 Å². The fraction of sp³-hybridized carbons (Fsp3) is 0.375. The molecule has 6 heteroatoms. The minimum absolute atomic E-state index is 0.0522. The molecule has 30 heavy (non-hydrogen) atoms. The quantitative estimate of drug-likeness (QED) is 0.749. The van der Waals surface area contributed by atoms with Gasteiger partial charge in [0.25, 0.3) is 11.8 Å². The van der Waals surface area contributed by atoms with Crippen LogP contribution in [0, 0.1) is 0 Å². The molecule has 0 aliphatic carbocycles. The van der Waals surface area contributed by atoms with Crippen LogP contribution in [0.15, 0.2) is 48.5 Å². The molecule has 0 aromatic heterocycles. The van der Waals surface area contributed by atoms with Crippen LogP contribution in [0.3, 0.4) is 0 Å². The molecule has 0 radical (unpaired) electrons. The smallest absolute Gasteiger partial charge is 0.256 e. The highest BCUT2D eigenvalue weighted by atomic mass is 16.2. The first-order valence-electron chi connectivity index (χ1n) is 10.7. The lowest BCUT2D eigenvalue weighted by molar-refractivity contribution is -0.122. The molecule has 1 atom stereocenters. The minimum atomic E-state index is -0.412. The van der Waals surface area contributed by atoms with E-state index in [-0.39, 0.29) is 17.7 Å². The van der Waals surface area contributed by atoms with Gasteiger partial charge in [-0.15, -0.1) is 0 Å². The summed E-state index contributed by atoms with van der Waals surface area (Å²) in [5.74, 6) is -0.235. The van der Waals surface area contributed by atoms with Crippen molar-refractivity contribution in [2.24, 2.45) is 0 Å². The Morgan fingerprint density at radius 2 is 1.97 bits per heavy atom. The zero-order chi connectivity index (χ0) is 21.1. The first kappa shape index (κ1) is 20.1. The number of benzene rings is 2. The highest BCUT2D eigenvalue weighted by Gasteiger charge is 2.41. The average Bonchev–Trinajstić information content (AvgIpc) is 3.24. The lowest BCUT2D eigenvalue weighted by Crippen LogP contribution is -2.44. The van der Waals surface area contributed by atoms with Crippen molar-refractivity contribution in [3.8, 4) is 0 Å². The molecular formula is C24H27N3O3. The molecule has 0 spiro atoms. The Hall–Kier alpha value is -3.15. The molecule has 3 amide bonds. The fourth-order valence-electron chi connectivity index (χ4n) is 4.25. The number of carbonyl (C=O) groups excluding carboxylic acids is 3.